The summed E-state index contributed by atoms with van der Waals surface area (Å²) < 4.78 is 5.29. The highest BCUT2D eigenvalue weighted by atomic mass is 35.5. The van der Waals surface area contributed by atoms with Gasteiger partial charge in [0.2, 0.25) is 16.9 Å². The van der Waals surface area contributed by atoms with Crippen molar-refractivity contribution in [1.29, 1.82) is 0 Å². The Morgan fingerprint density at radius 2 is 2.26 bits per heavy atom. The maximum atomic E-state index is 12.5. The van der Waals surface area contributed by atoms with E-state index in [2.05, 4.69) is 15.5 Å². The third-order valence-corrected chi connectivity index (χ3v) is 5.63. The van der Waals surface area contributed by atoms with Gasteiger partial charge in [0.25, 0.3) is 0 Å². The average molecular weight is 409 g/mol. The zero-order chi connectivity index (χ0) is 19.4. The number of nitrogens with zero attached hydrogens (tertiary/aromatic N) is 3. The van der Waals surface area contributed by atoms with Crippen LogP contribution in [0.25, 0.3) is 0 Å². The molecule has 0 unspecified atom stereocenters. The van der Waals surface area contributed by atoms with Gasteiger partial charge in [0, 0.05) is 36.7 Å². The van der Waals surface area contributed by atoms with Crippen molar-refractivity contribution >= 4 is 45.6 Å². The first-order valence-electron chi connectivity index (χ1n) is 8.75. The lowest BCUT2D eigenvalue weighted by atomic mass is 10.1. The molecule has 0 bridgehead atoms. The third-order valence-electron chi connectivity index (χ3n) is 4.32. The van der Waals surface area contributed by atoms with Crippen molar-refractivity contribution in [3.05, 3.63) is 33.8 Å². The summed E-state index contributed by atoms with van der Waals surface area (Å²) in [5, 5.41) is 12.6. The molecule has 144 valence electrons. The Balaban J connectivity index is 1.59. The molecule has 0 spiro atoms. The highest BCUT2D eigenvalue weighted by Crippen LogP contribution is 2.29. The molecule has 2 heterocycles. The Kier molecular flexibility index (Phi) is 6.41. The lowest BCUT2D eigenvalue weighted by molar-refractivity contribution is -0.122. The van der Waals surface area contributed by atoms with Crippen molar-refractivity contribution in [3.63, 3.8) is 0 Å². The minimum Gasteiger partial charge on any atom is -0.381 e. The topological polar surface area (TPSA) is 84.4 Å². The minimum absolute atomic E-state index is 0.0928. The summed E-state index contributed by atoms with van der Waals surface area (Å²) in [5.74, 6) is -0.755. The van der Waals surface area contributed by atoms with Crippen LogP contribution in [-0.2, 0) is 20.7 Å². The molecule has 1 aromatic heterocycles. The predicted octanol–water partition coefficient (Wildman–Crippen LogP) is 3.07. The van der Waals surface area contributed by atoms with Gasteiger partial charge in [0.15, 0.2) is 0 Å². The molecule has 0 radical (unpaired) electrons. The average Bonchev–Trinajstić information content (AvgIpc) is 3.24. The SMILES string of the molecule is CCOCCc1nnc(NC(=O)[C@H]2CC(=O)N(c3ccc(C)c(Cl)c3)C2)s1. The zero-order valence-electron chi connectivity index (χ0n) is 15.2. The van der Waals surface area contributed by atoms with Crippen LogP contribution in [0.15, 0.2) is 18.2 Å². The van der Waals surface area contributed by atoms with E-state index in [-0.39, 0.29) is 18.2 Å². The first kappa shape index (κ1) is 19.7. The van der Waals surface area contributed by atoms with Crippen LogP contribution in [0.2, 0.25) is 5.02 Å². The van der Waals surface area contributed by atoms with Crippen LogP contribution in [0.5, 0.6) is 0 Å². The molecule has 1 aromatic carbocycles. The fraction of sp³-hybridized carbons (Fsp3) is 0.444. The van der Waals surface area contributed by atoms with Gasteiger partial charge < -0.3 is 15.0 Å². The highest BCUT2D eigenvalue weighted by molar-refractivity contribution is 7.15. The molecule has 3 rings (SSSR count). The van der Waals surface area contributed by atoms with Gasteiger partial charge in [0.1, 0.15) is 5.01 Å². The summed E-state index contributed by atoms with van der Waals surface area (Å²) in [6, 6.07) is 5.46. The van der Waals surface area contributed by atoms with E-state index in [0.717, 1.165) is 10.6 Å². The van der Waals surface area contributed by atoms with Crippen LogP contribution in [0.1, 0.15) is 23.9 Å². The van der Waals surface area contributed by atoms with Crippen LogP contribution >= 0.6 is 22.9 Å². The standard InChI is InChI=1S/C18H21ClN4O3S/c1-3-26-7-6-15-21-22-18(27-15)20-17(25)12-8-16(24)23(10-12)13-5-4-11(2)14(19)9-13/h4-5,9,12H,3,6-8,10H2,1-2H3,(H,20,22,25)/t12-/m0/s1. The van der Waals surface area contributed by atoms with Crippen LogP contribution in [0.4, 0.5) is 10.8 Å². The van der Waals surface area contributed by atoms with E-state index in [1.54, 1.807) is 11.0 Å². The van der Waals surface area contributed by atoms with Gasteiger partial charge >= 0.3 is 0 Å². The van der Waals surface area contributed by atoms with E-state index in [9.17, 15) is 9.59 Å². The Morgan fingerprint density at radius 1 is 1.44 bits per heavy atom. The number of ether oxygens (including phenoxy) is 1. The van der Waals surface area contributed by atoms with E-state index in [4.69, 9.17) is 16.3 Å². The van der Waals surface area contributed by atoms with Gasteiger partial charge in [-0.3, -0.25) is 9.59 Å². The van der Waals surface area contributed by atoms with Crippen molar-refractivity contribution < 1.29 is 14.3 Å². The molecule has 9 heteroatoms. The first-order chi connectivity index (χ1) is 13.0. The number of hydrogen-bond donors (Lipinski definition) is 1. The second-order valence-electron chi connectivity index (χ2n) is 6.28. The summed E-state index contributed by atoms with van der Waals surface area (Å²) in [7, 11) is 0. The minimum atomic E-state index is -0.437. The van der Waals surface area contributed by atoms with Crippen molar-refractivity contribution in [2.45, 2.75) is 26.7 Å². The molecule has 2 amide bonds. The number of aromatic nitrogens is 2. The normalized spacial score (nSPS) is 16.8. The Bertz CT molecular complexity index is 842. The molecule has 0 saturated carbocycles. The highest BCUT2D eigenvalue weighted by Gasteiger charge is 2.35. The predicted molar refractivity (Wildman–Crippen MR) is 105 cm³/mol. The maximum absolute atomic E-state index is 12.5. The fourth-order valence-electron chi connectivity index (χ4n) is 2.80. The summed E-state index contributed by atoms with van der Waals surface area (Å²) in [6.45, 7) is 5.38. The van der Waals surface area contributed by atoms with Crippen LogP contribution in [-0.4, -0.2) is 41.8 Å². The molecule has 1 saturated heterocycles. The van der Waals surface area contributed by atoms with Crippen molar-refractivity contribution in [1.82, 2.24) is 10.2 Å². The van der Waals surface area contributed by atoms with Gasteiger partial charge in [-0.05, 0) is 31.5 Å². The number of aryl methyl sites for hydroxylation is 1. The van der Waals surface area contributed by atoms with Crippen LogP contribution < -0.4 is 10.2 Å². The van der Waals surface area contributed by atoms with E-state index in [1.807, 2.05) is 26.0 Å². The summed E-state index contributed by atoms with van der Waals surface area (Å²) in [5.41, 5.74) is 1.65. The van der Waals surface area contributed by atoms with Gasteiger partial charge in [0.05, 0.1) is 12.5 Å². The Labute approximate surface area is 166 Å². The number of rotatable bonds is 7. The molecule has 27 heavy (non-hydrogen) atoms. The molecule has 1 atom stereocenters. The van der Waals surface area contributed by atoms with Gasteiger partial charge in [-0.25, -0.2) is 0 Å². The van der Waals surface area contributed by atoms with Crippen LogP contribution in [0.3, 0.4) is 0 Å². The molecule has 2 aromatic rings. The molecule has 1 fully saturated rings. The van der Waals surface area contributed by atoms with Crippen LogP contribution in [0, 0.1) is 12.8 Å². The van der Waals surface area contributed by atoms with Crippen molar-refractivity contribution in [2.24, 2.45) is 5.92 Å². The third kappa shape index (κ3) is 4.82. The number of carbonyl (C=O) groups excluding carboxylic acids is 2. The van der Waals surface area contributed by atoms with Gasteiger partial charge in [-0.15, -0.1) is 10.2 Å². The monoisotopic (exact) mass is 408 g/mol. The van der Waals surface area contributed by atoms with Crippen molar-refractivity contribution in [3.8, 4) is 0 Å². The number of nitrogens with one attached hydrogen (secondary N) is 1. The van der Waals surface area contributed by atoms with E-state index >= 15 is 0 Å². The van der Waals surface area contributed by atoms with E-state index in [1.165, 1.54) is 11.3 Å². The largest absolute Gasteiger partial charge is 0.381 e. The fourth-order valence-corrected chi connectivity index (χ4v) is 3.70. The molecular weight excluding hydrogens is 388 g/mol. The molecule has 1 aliphatic heterocycles. The second kappa shape index (κ2) is 8.77. The summed E-state index contributed by atoms with van der Waals surface area (Å²) >= 11 is 7.48. The number of benzene rings is 1. The molecule has 7 nitrogen and oxygen atoms in total. The number of hydrogen-bond acceptors (Lipinski definition) is 6. The maximum Gasteiger partial charge on any atom is 0.231 e. The van der Waals surface area contributed by atoms with Gasteiger partial charge in [-0.2, -0.15) is 0 Å². The Hall–Kier alpha value is -2.03. The summed E-state index contributed by atoms with van der Waals surface area (Å²) in [4.78, 5) is 26.5. The van der Waals surface area contributed by atoms with E-state index < -0.39 is 5.92 Å². The Morgan fingerprint density at radius 3 is 3.00 bits per heavy atom. The van der Waals surface area contributed by atoms with Gasteiger partial charge in [-0.1, -0.05) is 29.0 Å². The van der Waals surface area contributed by atoms with Crippen molar-refractivity contribution in [2.75, 3.05) is 30.0 Å². The number of halogens is 1. The smallest absolute Gasteiger partial charge is 0.231 e. The lowest BCUT2D eigenvalue weighted by Gasteiger charge is -2.17. The molecule has 1 aliphatic rings. The molecule has 0 aliphatic carbocycles. The summed E-state index contributed by atoms with van der Waals surface area (Å²) in [6.07, 6.45) is 0.818. The zero-order valence-corrected chi connectivity index (χ0v) is 16.8. The first-order valence-corrected chi connectivity index (χ1v) is 9.95. The number of amides is 2. The number of carbonyl (C=O) groups is 2. The lowest BCUT2D eigenvalue weighted by Crippen LogP contribution is -2.28. The second-order valence-corrected chi connectivity index (χ2v) is 7.75. The quantitative estimate of drug-likeness (QED) is 0.711. The van der Waals surface area contributed by atoms with E-state index in [0.29, 0.717) is 42.0 Å². The number of anilines is 2. The molecule has 1 N–H and O–H groups in total. The molecular formula is C18H21ClN4O3S.